The first-order valence-electron chi connectivity index (χ1n) is 6.98. The molecule has 1 aliphatic rings. The van der Waals surface area contributed by atoms with Crippen LogP contribution in [0.4, 0.5) is 0 Å². The molecule has 0 amide bonds. The van der Waals surface area contributed by atoms with Gasteiger partial charge in [0.15, 0.2) is 0 Å². The van der Waals surface area contributed by atoms with E-state index >= 15 is 0 Å². The Hall–Kier alpha value is -0.340. The lowest BCUT2D eigenvalue weighted by Gasteiger charge is -2.12. The van der Waals surface area contributed by atoms with E-state index < -0.39 is 0 Å². The van der Waals surface area contributed by atoms with E-state index in [1.165, 1.54) is 18.3 Å². The summed E-state index contributed by atoms with van der Waals surface area (Å²) < 4.78 is 13.8. The minimum absolute atomic E-state index is 0.215. The van der Waals surface area contributed by atoms with Crippen molar-refractivity contribution in [3.63, 3.8) is 0 Å². The van der Waals surface area contributed by atoms with Crippen LogP contribution in [0.15, 0.2) is 42.5 Å². The number of rotatable bonds is 4. The maximum Gasteiger partial charge on any atom is 0.124 e. The number of hydrogen-bond donors (Lipinski definition) is 0. The van der Waals surface area contributed by atoms with Crippen LogP contribution in [0.2, 0.25) is 0 Å². The highest BCUT2D eigenvalue weighted by atomic mass is 127. The maximum atomic E-state index is 5.90. The molecule has 1 heterocycles. The third-order valence-corrected chi connectivity index (χ3v) is 5.24. The summed E-state index contributed by atoms with van der Waals surface area (Å²) >= 11 is 4.76. The van der Waals surface area contributed by atoms with Gasteiger partial charge in [-0.05, 0) is 93.1 Å². The molecule has 0 aromatic heterocycles. The van der Waals surface area contributed by atoms with Crippen molar-refractivity contribution in [1.29, 1.82) is 0 Å². The second kappa shape index (κ2) is 7.28. The van der Waals surface area contributed by atoms with Crippen molar-refractivity contribution >= 4 is 45.2 Å². The van der Waals surface area contributed by atoms with E-state index in [9.17, 15) is 0 Å². The molecule has 2 aromatic carbocycles. The highest BCUT2D eigenvalue weighted by Gasteiger charge is 2.16. The number of hydrogen-bond acceptors (Lipinski definition) is 2. The largest absolute Gasteiger partial charge is 0.488 e. The topological polar surface area (TPSA) is 18.5 Å². The molecule has 2 nitrogen and oxygen atoms in total. The highest BCUT2D eigenvalue weighted by Crippen LogP contribution is 2.22. The summed E-state index contributed by atoms with van der Waals surface area (Å²) in [5, 5.41) is 0. The van der Waals surface area contributed by atoms with Crippen molar-refractivity contribution in [3.05, 3.63) is 60.7 Å². The summed E-state index contributed by atoms with van der Waals surface area (Å²) in [6.07, 6.45) is 2.16. The standard InChI is InChI=1S/C17H16I2O2/c18-14-3-6-17(19)13(10-14)9-12-1-4-15(5-2-12)21-16-7-8-20-11-16/h1-6,10,16H,7-9,11H2/t16-/m0/s1. The molecular weight excluding hydrogens is 490 g/mol. The molecule has 1 aliphatic heterocycles. The Bertz CT molecular complexity index is 605. The molecule has 1 fully saturated rings. The van der Waals surface area contributed by atoms with Crippen LogP contribution in [-0.4, -0.2) is 19.3 Å². The van der Waals surface area contributed by atoms with Crippen LogP contribution in [-0.2, 0) is 11.2 Å². The van der Waals surface area contributed by atoms with E-state index in [-0.39, 0.29) is 6.10 Å². The number of benzene rings is 2. The zero-order valence-corrected chi connectivity index (χ0v) is 15.8. The first-order valence-corrected chi connectivity index (χ1v) is 9.14. The van der Waals surface area contributed by atoms with Crippen molar-refractivity contribution in [2.75, 3.05) is 13.2 Å². The molecule has 110 valence electrons. The van der Waals surface area contributed by atoms with Gasteiger partial charge in [0.2, 0.25) is 0 Å². The van der Waals surface area contributed by atoms with Gasteiger partial charge in [-0.1, -0.05) is 12.1 Å². The van der Waals surface area contributed by atoms with Crippen molar-refractivity contribution in [2.24, 2.45) is 0 Å². The molecule has 0 N–H and O–H groups in total. The molecule has 1 atom stereocenters. The summed E-state index contributed by atoms with van der Waals surface area (Å²) in [6.45, 7) is 1.52. The Labute approximate surface area is 152 Å². The van der Waals surface area contributed by atoms with Gasteiger partial charge < -0.3 is 9.47 Å². The highest BCUT2D eigenvalue weighted by molar-refractivity contribution is 14.1. The SMILES string of the molecule is Ic1ccc(I)c(Cc2ccc(O[C@H]3CCOC3)cc2)c1. The lowest BCUT2D eigenvalue weighted by atomic mass is 10.1. The van der Waals surface area contributed by atoms with E-state index in [4.69, 9.17) is 9.47 Å². The molecule has 4 heteroatoms. The predicted molar refractivity (Wildman–Crippen MR) is 101 cm³/mol. The molecule has 3 rings (SSSR count). The Morgan fingerprint density at radius 1 is 1.10 bits per heavy atom. The summed E-state index contributed by atoms with van der Waals surface area (Å²) in [6, 6.07) is 15.0. The Morgan fingerprint density at radius 2 is 1.90 bits per heavy atom. The summed E-state index contributed by atoms with van der Waals surface area (Å²) in [5.41, 5.74) is 2.69. The van der Waals surface area contributed by atoms with Gasteiger partial charge in [0, 0.05) is 13.6 Å². The number of halogens is 2. The molecule has 0 unspecified atom stereocenters. The normalized spacial score (nSPS) is 17.9. The molecule has 0 aliphatic carbocycles. The minimum Gasteiger partial charge on any atom is -0.488 e. The van der Waals surface area contributed by atoms with Gasteiger partial charge in [0.25, 0.3) is 0 Å². The first kappa shape index (κ1) is 15.6. The molecule has 0 spiro atoms. The average Bonchev–Trinajstić information content (AvgIpc) is 2.98. The van der Waals surface area contributed by atoms with Gasteiger partial charge in [-0.15, -0.1) is 0 Å². The van der Waals surface area contributed by atoms with Crippen molar-refractivity contribution in [1.82, 2.24) is 0 Å². The van der Waals surface area contributed by atoms with Gasteiger partial charge in [-0.2, -0.15) is 0 Å². The first-order chi connectivity index (χ1) is 10.2. The van der Waals surface area contributed by atoms with Gasteiger partial charge >= 0.3 is 0 Å². The molecular formula is C17H16I2O2. The molecule has 0 bridgehead atoms. The average molecular weight is 506 g/mol. The molecule has 2 aromatic rings. The fraction of sp³-hybridized carbons (Fsp3) is 0.294. The van der Waals surface area contributed by atoms with Crippen LogP contribution < -0.4 is 4.74 Å². The second-order valence-electron chi connectivity index (χ2n) is 5.16. The maximum absolute atomic E-state index is 5.90. The molecule has 0 radical (unpaired) electrons. The van der Waals surface area contributed by atoms with Crippen molar-refractivity contribution < 1.29 is 9.47 Å². The van der Waals surface area contributed by atoms with Gasteiger partial charge in [-0.3, -0.25) is 0 Å². The molecule has 21 heavy (non-hydrogen) atoms. The van der Waals surface area contributed by atoms with Crippen LogP contribution in [0.3, 0.4) is 0 Å². The summed E-state index contributed by atoms with van der Waals surface area (Å²) in [7, 11) is 0. The van der Waals surface area contributed by atoms with E-state index in [1.54, 1.807) is 0 Å². The van der Waals surface area contributed by atoms with Crippen LogP contribution in [0, 0.1) is 7.14 Å². The fourth-order valence-electron chi connectivity index (χ4n) is 2.38. The van der Waals surface area contributed by atoms with Gasteiger partial charge in [0.1, 0.15) is 11.9 Å². The van der Waals surface area contributed by atoms with E-state index in [0.717, 1.165) is 25.2 Å². The molecule has 0 saturated carbocycles. The lowest BCUT2D eigenvalue weighted by molar-refractivity contribution is 0.141. The summed E-state index contributed by atoms with van der Waals surface area (Å²) in [4.78, 5) is 0. The fourth-order valence-corrected chi connectivity index (χ4v) is 3.46. The quantitative estimate of drug-likeness (QED) is 0.563. The van der Waals surface area contributed by atoms with Crippen LogP contribution in [0.5, 0.6) is 5.75 Å². The minimum atomic E-state index is 0.215. The van der Waals surface area contributed by atoms with Crippen LogP contribution in [0.1, 0.15) is 17.5 Å². The predicted octanol–water partition coefficient (Wildman–Crippen LogP) is 4.65. The Morgan fingerprint density at radius 3 is 2.62 bits per heavy atom. The lowest BCUT2D eigenvalue weighted by Crippen LogP contribution is -2.15. The molecule has 1 saturated heterocycles. The summed E-state index contributed by atoms with van der Waals surface area (Å²) in [5.74, 6) is 0.937. The van der Waals surface area contributed by atoms with Crippen LogP contribution in [0.25, 0.3) is 0 Å². The van der Waals surface area contributed by atoms with E-state index in [1.807, 2.05) is 0 Å². The third kappa shape index (κ3) is 4.32. The zero-order chi connectivity index (χ0) is 14.7. The van der Waals surface area contributed by atoms with E-state index in [0.29, 0.717) is 6.61 Å². The third-order valence-electron chi connectivity index (χ3n) is 3.52. The monoisotopic (exact) mass is 506 g/mol. The Balaban J connectivity index is 1.67. The smallest absolute Gasteiger partial charge is 0.124 e. The zero-order valence-electron chi connectivity index (χ0n) is 11.5. The van der Waals surface area contributed by atoms with Crippen molar-refractivity contribution in [3.8, 4) is 5.75 Å². The van der Waals surface area contributed by atoms with Gasteiger partial charge in [-0.25, -0.2) is 0 Å². The van der Waals surface area contributed by atoms with Crippen molar-refractivity contribution in [2.45, 2.75) is 18.9 Å². The number of ether oxygens (including phenoxy) is 2. The van der Waals surface area contributed by atoms with E-state index in [2.05, 4.69) is 87.6 Å². The Kier molecular flexibility index (Phi) is 5.39. The second-order valence-corrected chi connectivity index (χ2v) is 7.57. The van der Waals surface area contributed by atoms with Crippen LogP contribution >= 0.6 is 45.2 Å². The van der Waals surface area contributed by atoms with Gasteiger partial charge in [0.05, 0.1) is 13.2 Å².